The summed E-state index contributed by atoms with van der Waals surface area (Å²) in [5.74, 6) is 1.90. The van der Waals surface area contributed by atoms with Crippen molar-refractivity contribution < 1.29 is 9.47 Å². The van der Waals surface area contributed by atoms with Crippen LogP contribution >= 0.6 is 0 Å². The van der Waals surface area contributed by atoms with E-state index in [1.807, 2.05) is 48.9 Å². The predicted molar refractivity (Wildman–Crippen MR) is 130 cm³/mol. The number of imidazole rings is 1. The Morgan fingerprint density at radius 2 is 1.97 bits per heavy atom. The molecule has 2 aromatic heterocycles. The molecule has 172 valence electrons. The summed E-state index contributed by atoms with van der Waals surface area (Å²) in [6.45, 7) is 6.30. The van der Waals surface area contributed by atoms with Gasteiger partial charge in [-0.25, -0.2) is 9.97 Å². The summed E-state index contributed by atoms with van der Waals surface area (Å²) >= 11 is 0. The Hall–Kier alpha value is -3.43. The lowest BCUT2D eigenvalue weighted by atomic mass is 10.1. The third kappa shape index (κ3) is 4.42. The molecule has 3 aromatic rings. The number of amidine groups is 1. The number of aromatic nitrogens is 3. The molecule has 0 spiro atoms. The number of aryl methyl sites for hydroxylation is 2. The summed E-state index contributed by atoms with van der Waals surface area (Å²) < 4.78 is 13.2. The van der Waals surface area contributed by atoms with Crippen molar-refractivity contribution in [2.24, 2.45) is 17.9 Å². The second-order valence-corrected chi connectivity index (χ2v) is 8.34. The molecular weight excluding hydrogens is 418 g/mol. The number of ether oxygens (including phenoxy) is 2. The maximum atomic E-state index is 6.23. The second-order valence-electron chi connectivity index (χ2n) is 8.34. The van der Waals surface area contributed by atoms with Crippen LogP contribution in [-0.4, -0.2) is 59.9 Å². The van der Waals surface area contributed by atoms with Crippen LogP contribution in [0.2, 0.25) is 0 Å². The normalized spacial score (nSPS) is 17.3. The van der Waals surface area contributed by atoms with E-state index in [-0.39, 0.29) is 0 Å². The van der Waals surface area contributed by atoms with Crippen LogP contribution in [0.5, 0.6) is 0 Å². The van der Waals surface area contributed by atoms with E-state index in [1.54, 1.807) is 0 Å². The highest BCUT2D eigenvalue weighted by atomic mass is 16.5. The Labute approximate surface area is 192 Å². The van der Waals surface area contributed by atoms with E-state index in [0.29, 0.717) is 31.5 Å². The molecule has 0 bridgehead atoms. The highest BCUT2D eigenvalue weighted by Gasteiger charge is 2.22. The zero-order valence-electron chi connectivity index (χ0n) is 19.0. The van der Waals surface area contributed by atoms with Crippen molar-refractivity contribution in [3.8, 4) is 0 Å². The fourth-order valence-corrected chi connectivity index (χ4v) is 4.22. The third-order valence-electron chi connectivity index (χ3n) is 5.96. The molecule has 0 aliphatic carbocycles. The van der Waals surface area contributed by atoms with Crippen LogP contribution in [0.25, 0.3) is 16.7 Å². The first kappa shape index (κ1) is 21.4. The zero-order valence-corrected chi connectivity index (χ0v) is 19.0. The maximum Gasteiger partial charge on any atom is 0.164 e. The molecule has 0 saturated carbocycles. The fraction of sp³-hybridized carbons (Fsp3) is 0.375. The number of rotatable bonds is 5. The summed E-state index contributed by atoms with van der Waals surface area (Å²) in [4.78, 5) is 12.1. The summed E-state index contributed by atoms with van der Waals surface area (Å²) in [5, 5.41) is 4.40. The van der Waals surface area contributed by atoms with Crippen molar-refractivity contribution in [3.63, 3.8) is 0 Å². The minimum Gasteiger partial charge on any atom is -0.382 e. The van der Waals surface area contributed by atoms with Crippen LogP contribution in [0.15, 0.2) is 41.5 Å². The monoisotopic (exact) mass is 447 g/mol. The van der Waals surface area contributed by atoms with Crippen LogP contribution < -0.4 is 16.1 Å². The molecule has 2 aliphatic rings. The Balaban J connectivity index is 1.55. The largest absolute Gasteiger partial charge is 0.382 e. The van der Waals surface area contributed by atoms with Gasteiger partial charge in [-0.2, -0.15) is 5.10 Å². The number of nitrogens with zero attached hydrogens (tertiary/aromatic N) is 5. The van der Waals surface area contributed by atoms with Gasteiger partial charge in [0.05, 0.1) is 32.1 Å². The number of nitrogens with two attached hydrogens (primary N) is 1. The fourth-order valence-electron chi connectivity index (χ4n) is 4.22. The molecule has 9 nitrogen and oxygen atoms in total. The lowest BCUT2D eigenvalue weighted by Crippen LogP contribution is -2.36. The Bertz CT molecular complexity index is 1230. The lowest BCUT2D eigenvalue weighted by Gasteiger charge is -2.29. The summed E-state index contributed by atoms with van der Waals surface area (Å²) in [6, 6.07) is 9.93. The molecule has 1 aromatic carbocycles. The van der Waals surface area contributed by atoms with Crippen molar-refractivity contribution in [3.05, 3.63) is 53.4 Å². The topological polar surface area (TPSA) is 103 Å². The van der Waals surface area contributed by atoms with Crippen LogP contribution in [0.1, 0.15) is 23.4 Å². The first-order valence-electron chi connectivity index (χ1n) is 11.2. The molecule has 0 atom stereocenters. The highest BCUT2D eigenvalue weighted by molar-refractivity contribution is 5.98. The van der Waals surface area contributed by atoms with Crippen LogP contribution in [-0.2, 0) is 16.5 Å². The van der Waals surface area contributed by atoms with E-state index in [4.69, 9.17) is 25.2 Å². The predicted octanol–water partition coefficient (Wildman–Crippen LogP) is 2.65. The van der Waals surface area contributed by atoms with Crippen LogP contribution in [0.4, 0.5) is 11.5 Å². The van der Waals surface area contributed by atoms with Gasteiger partial charge in [0.2, 0.25) is 0 Å². The van der Waals surface area contributed by atoms with Gasteiger partial charge < -0.3 is 24.7 Å². The highest BCUT2D eigenvalue weighted by Crippen LogP contribution is 2.31. The van der Waals surface area contributed by atoms with Gasteiger partial charge in [-0.1, -0.05) is 29.8 Å². The van der Waals surface area contributed by atoms with E-state index < -0.39 is 0 Å². The molecular formula is C24H29N7O2. The molecule has 0 radical (unpaired) electrons. The second kappa shape index (κ2) is 9.21. The number of benzene rings is 1. The number of hydrazone groups is 1. The van der Waals surface area contributed by atoms with E-state index in [0.717, 1.165) is 65.5 Å². The number of pyridine rings is 1. The van der Waals surface area contributed by atoms with Gasteiger partial charge in [-0.05, 0) is 19.4 Å². The van der Waals surface area contributed by atoms with Crippen molar-refractivity contribution >= 4 is 34.1 Å². The molecule has 5 rings (SSSR count). The zero-order chi connectivity index (χ0) is 22.8. The van der Waals surface area contributed by atoms with Gasteiger partial charge in [0.1, 0.15) is 11.3 Å². The minimum absolute atomic E-state index is 0.406. The van der Waals surface area contributed by atoms with E-state index in [1.165, 1.54) is 0 Å². The standard InChI is InChI=1S/C24H29N7O2/c1-16-5-3-6-17(13-16)22(25)29-28-20-14-19(31-8-11-32-12-9-31)21-24(26-20)30(2)23(27-21)18-7-4-10-33-15-18/h3,5-7,13-14H,4,8-12,15H2,1-2H3,(H2,25,29)(H,26,28). The first-order valence-corrected chi connectivity index (χ1v) is 11.2. The molecule has 4 heterocycles. The van der Waals surface area contributed by atoms with Crippen LogP contribution in [0, 0.1) is 6.92 Å². The number of nitrogens with one attached hydrogen (secondary N) is 1. The first-order chi connectivity index (χ1) is 16.1. The Morgan fingerprint density at radius 1 is 1.12 bits per heavy atom. The van der Waals surface area contributed by atoms with Crippen molar-refractivity contribution in [1.29, 1.82) is 0 Å². The third-order valence-corrected chi connectivity index (χ3v) is 5.96. The summed E-state index contributed by atoms with van der Waals surface area (Å²) in [5.41, 5.74) is 15.0. The van der Waals surface area contributed by atoms with Gasteiger partial charge in [-0.3, -0.25) is 5.43 Å². The molecule has 1 saturated heterocycles. The average Bonchev–Trinajstić information content (AvgIpc) is 3.19. The molecule has 3 N–H and O–H groups in total. The SMILES string of the molecule is Cc1cccc(/C(N)=N/Nc2cc(N3CCOCC3)c3nc(C4=CCCOC4)n(C)c3n2)c1. The molecule has 33 heavy (non-hydrogen) atoms. The summed E-state index contributed by atoms with van der Waals surface area (Å²) in [7, 11) is 1.99. The number of hydrogen-bond acceptors (Lipinski definition) is 7. The molecule has 0 unspecified atom stereocenters. The quantitative estimate of drug-likeness (QED) is 0.352. The van der Waals surface area contributed by atoms with E-state index in [2.05, 4.69) is 21.5 Å². The maximum absolute atomic E-state index is 6.23. The van der Waals surface area contributed by atoms with E-state index >= 15 is 0 Å². The Kier molecular flexibility index (Phi) is 5.97. The van der Waals surface area contributed by atoms with Gasteiger partial charge in [-0.15, -0.1) is 0 Å². The average molecular weight is 448 g/mol. The van der Waals surface area contributed by atoms with Gasteiger partial charge >= 0.3 is 0 Å². The van der Waals surface area contributed by atoms with Gasteiger partial charge in [0.15, 0.2) is 17.3 Å². The molecule has 1 fully saturated rings. The van der Waals surface area contributed by atoms with Crippen molar-refractivity contribution in [2.45, 2.75) is 13.3 Å². The Morgan fingerprint density at radius 3 is 2.73 bits per heavy atom. The molecule has 9 heteroatoms. The molecule has 2 aliphatic heterocycles. The van der Waals surface area contributed by atoms with Crippen LogP contribution in [0.3, 0.4) is 0 Å². The minimum atomic E-state index is 0.406. The lowest BCUT2D eigenvalue weighted by molar-refractivity contribution is 0.123. The number of fused-ring (bicyclic) bond motifs is 1. The van der Waals surface area contributed by atoms with Gasteiger partial charge in [0, 0.05) is 37.3 Å². The number of anilines is 2. The smallest absolute Gasteiger partial charge is 0.164 e. The number of hydrogen-bond donors (Lipinski definition) is 2. The van der Waals surface area contributed by atoms with Gasteiger partial charge in [0.25, 0.3) is 0 Å². The van der Waals surface area contributed by atoms with E-state index in [9.17, 15) is 0 Å². The van der Waals surface area contributed by atoms with Crippen molar-refractivity contribution in [2.75, 3.05) is 49.8 Å². The number of morpholine rings is 1. The van der Waals surface area contributed by atoms with Crippen molar-refractivity contribution in [1.82, 2.24) is 14.5 Å². The summed E-state index contributed by atoms with van der Waals surface area (Å²) in [6.07, 6.45) is 3.09. The molecule has 0 amide bonds.